The normalized spacial score (nSPS) is 17.4. The van der Waals surface area contributed by atoms with Crippen molar-refractivity contribution in [1.29, 1.82) is 0 Å². The second-order valence-corrected chi connectivity index (χ2v) is 13.2. The van der Waals surface area contributed by atoms with Crippen LogP contribution in [0.2, 0.25) is 5.02 Å². The topological polar surface area (TPSA) is 137 Å². The molecule has 1 fully saturated rings. The summed E-state index contributed by atoms with van der Waals surface area (Å²) in [6.45, 7) is 1.47. The average Bonchev–Trinajstić information content (AvgIpc) is 3.38. The van der Waals surface area contributed by atoms with Crippen LogP contribution in [0.4, 0.5) is 16.2 Å². The first-order valence-electron chi connectivity index (χ1n) is 15.1. The molecular formula is C34H33ClN4O9S. The smallest absolute Gasteiger partial charge is 0.411 e. The molecule has 6 rings (SSSR count). The summed E-state index contributed by atoms with van der Waals surface area (Å²) in [7, 11) is 0.818. The molecule has 1 saturated heterocycles. The van der Waals surface area contributed by atoms with Gasteiger partial charge in [0.1, 0.15) is 27.9 Å². The number of anilines is 2. The van der Waals surface area contributed by atoms with Crippen molar-refractivity contribution in [3.63, 3.8) is 0 Å². The third-order valence-corrected chi connectivity index (χ3v) is 10.5. The molecule has 3 heterocycles. The van der Waals surface area contributed by atoms with Gasteiger partial charge in [0.15, 0.2) is 0 Å². The van der Waals surface area contributed by atoms with E-state index in [1.807, 2.05) is 12.1 Å². The zero-order valence-corrected chi connectivity index (χ0v) is 28.7. The van der Waals surface area contributed by atoms with Gasteiger partial charge in [-0.25, -0.2) is 13.2 Å². The fraction of sp³-hybridized carbons (Fsp3) is 0.265. The third kappa shape index (κ3) is 5.80. The predicted octanol–water partition coefficient (Wildman–Crippen LogP) is 4.71. The summed E-state index contributed by atoms with van der Waals surface area (Å²) in [4.78, 5) is 36.6. The minimum atomic E-state index is -4.72. The number of rotatable bonds is 9. The Bertz CT molecular complexity index is 2010. The van der Waals surface area contributed by atoms with E-state index in [1.54, 1.807) is 24.5 Å². The van der Waals surface area contributed by atoms with E-state index < -0.39 is 27.6 Å². The number of pyridine rings is 1. The number of sulfonamides is 1. The summed E-state index contributed by atoms with van der Waals surface area (Å²) in [6, 6.07) is 16.7. The molecule has 3 aromatic carbocycles. The van der Waals surface area contributed by atoms with Crippen molar-refractivity contribution < 1.29 is 41.7 Å². The number of aromatic nitrogens is 1. The Morgan fingerprint density at radius 3 is 2.08 bits per heavy atom. The summed E-state index contributed by atoms with van der Waals surface area (Å²) in [5.41, 5.74) is -1.47. The number of benzene rings is 3. The summed E-state index contributed by atoms with van der Waals surface area (Å²) in [5, 5.41) is 0.168. The highest BCUT2D eigenvalue weighted by Crippen LogP contribution is 2.53. The second kappa shape index (κ2) is 13.4. The number of nitrogens with zero attached hydrogens (tertiary/aromatic N) is 4. The van der Waals surface area contributed by atoms with Gasteiger partial charge < -0.3 is 33.5 Å². The molecular weight excluding hydrogens is 676 g/mol. The quantitative estimate of drug-likeness (QED) is 0.239. The summed E-state index contributed by atoms with van der Waals surface area (Å²) >= 11 is 6.51. The van der Waals surface area contributed by atoms with E-state index in [9.17, 15) is 13.2 Å². The number of carbonyl (C=O) groups is 2. The van der Waals surface area contributed by atoms with E-state index in [4.69, 9.17) is 35.3 Å². The molecule has 2 aliphatic heterocycles. The Morgan fingerprint density at radius 1 is 0.776 bits per heavy atom. The van der Waals surface area contributed by atoms with Crippen LogP contribution in [0, 0.1) is 0 Å². The summed E-state index contributed by atoms with van der Waals surface area (Å²) in [5.74, 6) is -0.395. The first-order valence-corrected chi connectivity index (χ1v) is 16.9. The number of carbonyl (C=O) groups excluding carboxylic acids is 2. The van der Waals surface area contributed by atoms with Crippen LogP contribution in [-0.4, -0.2) is 84.9 Å². The lowest BCUT2D eigenvalue weighted by molar-refractivity contribution is -0.132. The lowest BCUT2D eigenvalue weighted by Crippen LogP contribution is -2.53. The van der Waals surface area contributed by atoms with Crippen molar-refractivity contribution in [3.8, 4) is 23.0 Å². The summed E-state index contributed by atoms with van der Waals surface area (Å²) < 4.78 is 57.9. The van der Waals surface area contributed by atoms with Crippen LogP contribution in [0.5, 0.6) is 23.0 Å². The highest BCUT2D eigenvalue weighted by atomic mass is 35.5. The molecule has 1 aromatic heterocycles. The second-order valence-electron chi connectivity index (χ2n) is 11.0. The van der Waals surface area contributed by atoms with Gasteiger partial charge in [-0.2, -0.15) is 4.31 Å². The average molecular weight is 709 g/mol. The van der Waals surface area contributed by atoms with Gasteiger partial charge in [-0.3, -0.25) is 9.78 Å². The highest BCUT2D eigenvalue weighted by molar-refractivity contribution is 7.93. The number of methoxy groups -OCH3 is 4. The molecule has 0 spiro atoms. The minimum absolute atomic E-state index is 0.0105. The maximum absolute atomic E-state index is 15.1. The van der Waals surface area contributed by atoms with E-state index in [1.165, 1.54) is 75.8 Å². The Kier molecular flexibility index (Phi) is 9.18. The van der Waals surface area contributed by atoms with Crippen molar-refractivity contribution in [2.45, 2.75) is 10.5 Å². The maximum Gasteiger partial charge on any atom is 0.411 e. The maximum atomic E-state index is 15.1. The molecule has 1 unspecified atom stereocenters. The Labute approximate surface area is 288 Å². The van der Waals surface area contributed by atoms with Gasteiger partial charge in [0.05, 0.1) is 39.7 Å². The molecule has 4 aromatic rings. The van der Waals surface area contributed by atoms with Gasteiger partial charge >= 0.3 is 6.09 Å². The molecule has 15 heteroatoms. The molecule has 13 nitrogen and oxygen atoms in total. The number of halogens is 1. The van der Waals surface area contributed by atoms with Gasteiger partial charge in [0.2, 0.25) is 5.60 Å². The molecule has 0 radical (unpaired) electrons. The Morgan fingerprint density at radius 2 is 1.43 bits per heavy atom. The Hall–Kier alpha value is -5.21. The van der Waals surface area contributed by atoms with Gasteiger partial charge in [0.25, 0.3) is 15.9 Å². The first kappa shape index (κ1) is 33.7. The van der Waals surface area contributed by atoms with Crippen LogP contribution in [0.25, 0.3) is 0 Å². The van der Waals surface area contributed by atoms with E-state index in [0.29, 0.717) is 28.9 Å². The van der Waals surface area contributed by atoms with E-state index in [0.717, 1.165) is 5.69 Å². The van der Waals surface area contributed by atoms with Crippen molar-refractivity contribution >= 4 is 45.0 Å². The molecule has 256 valence electrons. The van der Waals surface area contributed by atoms with Crippen LogP contribution in [0.15, 0.2) is 84.0 Å². The number of piperazine rings is 1. The van der Waals surface area contributed by atoms with Gasteiger partial charge in [0, 0.05) is 60.9 Å². The molecule has 0 aliphatic carbocycles. The summed E-state index contributed by atoms with van der Waals surface area (Å²) in [6.07, 6.45) is 2.54. The fourth-order valence-electron chi connectivity index (χ4n) is 6.06. The van der Waals surface area contributed by atoms with Gasteiger partial charge in [-0.05, 0) is 60.7 Å². The van der Waals surface area contributed by atoms with Crippen LogP contribution >= 0.6 is 11.6 Å². The number of hydrogen-bond acceptors (Lipinski definition) is 11. The molecule has 2 aliphatic rings. The van der Waals surface area contributed by atoms with Crippen molar-refractivity contribution in [1.82, 2.24) is 9.88 Å². The zero-order valence-electron chi connectivity index (χ0n) is 27.1. The predicted molar refractivity (Wildman–Crippen MR) is 180 cm³/mol. The molecule has 49 heavy (non-hydrogen) atoms. The molecule has 1 atom stereocenters. The van der Waals surface area contributed by atoms with Crippen molar-refractivity contribution in [2.75, 3.05) is 63.8 Å². The van der Waals surface area contributed by atoms with Gasteiger partial charge in [-0.1, -0.05) is 11.6 Å². The lowest BCUT2D eigenvalue weighted by atomic mass is 9.86. The van der Waals surface area contributed by atoms with Gasteiger partial charge in [-0.15, -0.1) is 0 Å². The molecule has 0 bridgehead atoms. The van der Waals surface area contributed by atoms with Crippen LogP contribution in [0.3, 0.4) is 0 Å². The SMILES string of the molecule is COc1ccc(S(=O)(=O)N2C(=O)C(OC(=O)N3CCN(c4ccncc4)CC3)(c3cc(OC)ccc3OC)c3cc(Cl)ccc32)c(OC)c1. The van der Waals surface area contributed by atoms with Crippen LogP contribution in [-0.2, 0) is 25.2 Å². The first-order chi connectivity index (χ1) is 23.6. The molecule has 0 saturated carbocycles. The number of ether oxygens (including phenoxy) is 5. The Balaban J connectivity index is 1.50. The lowest BCUT2D eigenvalue weighted by Gasteiger charge is -2.38. The highest BCUT2D eigenvalue weighted by Gasteiger charge is 2.61. The standard InChI is InChI=1S/C34H33ClN4O9S/c1-44-24-6-9-29(46-3)27(20-24)34(48-33(41)38-17-15-37(16-18-38)23-11-13-36-14-12-23)26-19-22(35)5-8-28(26)39(32(34)40)49(42,43)31-10-7-25(45-2)21-30(31)47-4/h5-14,19-21H,15-18H2,1-4H3. The zero-order chi connectivity index (χ0) is 34.9. The molecule has 2 amide bonds. The van der Waals surface area contributed by atoms with Crippen LogP contribution in [0.1, 0.15) is 11.1 Å². The van der Waals surface area contributed by atoms with E-state index in [-0.39, 0.29) is 51.3 Å². The van der Waals surface area contributed by atoms with Crippen molar-refractivity contribution in [3.05, 3.63) is 95.3 Å². The van der Waals surface area contributed by atoms with Crippen LogP contribution < -0.4 is 28.2 Å². The van der Waals surface area contributed by atoms with E-state index >= 15 is 4.79 Å². The third-order valence-electron chi connectivity index (χ3n) is 8.52. The minimum Gasteiger partial charge on any atom is -0.497 e. The number of hydrogen-bond donors (Lipinski definition) is 0. The number of amides is 2. The van der Waals surface area contributed by atoms with Crippen molar-refractivity contribution in [2.24, 2.45) is 0 Å². The fourth-order valence-corrected chi connectivity index (χ4v) is 7.83. The number of fused-ring (bicyclic) bond motifs is 1. The van der Waals surface area contributed by atoms with E-state index in [2.05, 4.69) is 9.88 Å². The largest absolute Gasteiger partial charge is 0.497 e. The molecule has 0 N–H and O–H groups in total. The monoisotopic (exact) mass is 708 g/mol.